The van der Waals surface area contributed by atoms with Crippen LogP contribution in [-0.2, 0) is 0 Å². The van der Waals surface area contributed by atoms with Gasteiger partial charge >= 0.3 is 0 Å². The van der Waals surface area contributed by atoms with Gasteiger partial charge in [-0.25, -0.2) is 5.01 Å². The molecule has 1 aromatic carbocycles. The second-order valence-corrected chi connectivity index (χ2v) is 3.49. The van der Waals surface area contributed by atoms with E-state index >= 15 is 0 Å². The van der Waals surface area contributed by atoms with Gasteiger partial charge in [0.05, 0.1) is 6.61 Å². The van der Waals surface area contributed by atoms with Gasteiger partial charge in [-0.2, -0.15) is 0 Å². The van der Waals surface area contributed by atoms with Crippen LogP contribution in [0.5, 0.6) is 5.75 Å². The Balaban J connectivity index is 3.04. The van der Waals surface area contributed by atoms with E-state index < -0.39 is 0 Å². The van der Waals surface area contributed by atoms with E-state index in [-0.39, 0.29) is 5.91 Å². The summed E-state index contributed by atoms with van der Waals surface area (Å²) < 4.78 is 5.36. The van der Waals surface area contributed by atoms with E-state index in [1.54, 1.807) is 37.3 Å². The molecule has 88 valence electrons. The fourth-order valence-corrected chi connectivity index (χ4v) is 1.33. The largest absolute Gasteiger partial charge is 0.493 e. The topological polar surface area (TPSA) is 67.6 Å². The van der Waals surface area contributed by atoms with Crippen LogP contribution in [0.1, 0.15) is 17.3 Å². The normalized spacial score (nSPS) is 10.2. The van der Waals surface area contributed by atoms with Crippen LogP contribution in [0.25, 0.3) is 0 Å². The summed E-state index contributed by atoms with van der Waals surface area (Å²) in [6.45, 7) is 2.35. The fraction of sp³-hybridized carbons (Fsp3) is 0.364. The molecule has 0 aromatic heterocycles. The van der Waals surface area contributed by atoms with E-state index in [4.69, 9.17) is 10.5 Å². The molecule has 1 aromatic rings. The van der Waals surface area contributed by atoms with E-state index in [0.29, 0.717) is 23.6 Å². The lowest BCUT2D eigenvalue weighted by atomic mass is 10.1. The van der Waals surface area contributed by atoms with Gasteiger partial charge in [0, 0.05) is 19.8 Å². The number of amides is 1. The van der Waals surface area contributed by atoms with Crippen molar-refractivity contribution >= 4 is 11.6 Å². The van der Waals surface area contributed by atoms with Crippen molar-refractivity contribution in [2.75, 3.05) is 26.4 Å². The molecule has 1 amide bonds. The third-order valence-corrected chi connectivity index (χ3v) is 1.91. The Morgan fingerprint density at radius 3 is 2.75 bits per heavy atom. The van der Waals surface area contributed by atoms with E-state index in [9.17, 15) is 4.79 Å². The van der Waals surface area contributed by atoms with Crippen molar-refractivity contribution in [3.63, 3.8) is 0 Å². The number of nitrogens with zero attached hydrogens (tertiary/aromatic N) is 1. The Morgan fingerprint density at radius 1 is 1.50 bits per heavy atom. The highest BCUT2D eigenvalue weighted by molar-refractivity contribution is 6.01. The van der Waals surface area contributed by atoms with Gasteiger partial charge in [-0.3, -0.25) is 10.2 Å². The minimum absolute atomic E-state index is 0.272. The lowest BCUT2D eigenvalue weighted by Gasteiger charge is -2.15. The number of carbonyl (C=O) groups excluding carboxylic acids is 1. The van der Waals surface area contributed by atoms with Crippen molar-refractivity contribution in [3.8, 4) is 5.75 Å². The number of anilines is 1. The number of nitrogens with one attached hydrogen (secondary N) is 1. The molecular weight excluding hydrogens is 206 g/mol. The predicted molar refractivity (Wildman–Crippen MR) is 63.2 cm³/mol. The van der Waals surface area contributed by atoms with Crippen LogP contribution in [-0.4, -0.2) is 31.6 Å². The second kappa shape index (κ2) is 5.37. The van der Waals surface area contributed by atoms with Crippen LogP contribution >= 0.6 is 0 Å². The zero-order valence-corrected chi connectivity index (χ0v) is 9.78. The average molecular weight is 223 g/mol. The van der Waals surface area contributed by atoms with Gasteiger partial charge in [0.15, 0.2) is 0 Å². The Labute approximate surface area is 95.2 Å². The van der Waals surface area contributed by atoms with E-state index in [2.05, 4.69) is 5.43 Å². The minimum atomic E-state index is -0.272. The number of benzene rings is 1. The van der Waals surface area contributed by atoms with Gasteiger partial charge in [-0.15, -0.1) is 0 Å². The lowest BCUT2D eigenvalue weighted by Crippen LogP contribution is -2.36. The van der Waals surface area contributed by atoms with Crippen LogP contribution in [0.2, 0.25) is 0 Å². The molecule has 0 heterocycles. The molecule has 0 radical (unpaired) electrons. The van der Waals surface area contributed by atoms with Crippen LogP contribution in [0, 0.1) is 0 Å². The fourth-order valence-electron chi connectivity index (χ4n) is 1.33. The summed E-state index contributed by atoms with van der Waals surface area (Å²) in [5.41, 5.74) is 9.18. The first kappa shape index (κ1) is 12.3. The zero-order chi connectivity index (χ0) is 12.1. The molecule has 0 aliphatic heterocycles. The summed E-state index contributed by atoms with van der Waals surface area (Å²) >= 11 is 0. The summed E-state index contributed by atoms with van der Waals surface area (Å²) in [5, 5.41) is 1.56. The number of carbonyl (C=O) groups is 1. The van der Waals surface area contributed by atoms with Crippen molar-refractivity contribution in [1.29, 1.82) is 0 Å². The molecule has 0 fully saturated rings. The first-order valence-electron chi connectivity index (χ1n) is 5.05. The molecule has 16 heavy (non-hydrogen) atoms. The summed E-state index contributed by atoms with van der Waals surface area (Å²) in [6.07, 6.45) is 0. The summed E-state index contributed by atoms with van der Waals surface area (Å²) in [4.78, 5) is 11.9. The molecule has 0 spiro atoms. The maximum atomic E-state index is 11.9. The molecule has 0 unspecified atom stereocenters. The number of nitrogens with two attached hydrogens (primary N) is 1. The Morgan fingerprint density at radius 2 is 2.19 bits per heavy atom. The van der Waals surface area contributed by atoms with Crippen molar-refractivity contribution in [1.82, 2.24) is 10.4 Å². The highest BCUT2D eigenvalue weighted by Crippen LogP contribution is 2.24. The second-order valence-electron chi connectivity index (χ2n) is 3.49. The summed E-state index contributed by atoms with van der Waals surface area (Å²) in [7, 11) is 3.47. The van der Waals surface area contributed by atoms with Crippen LogP contribution in [0.3, 0.4) is 0 Å². The smallest absolute Gasteiger partial charge is 0.271 e. The molecule has 1 rings (SSSR count). The maximum absolute atomic E-state index is 11.9. The molecule has 0 bridgehead atoms. The van der Waals surface area contributed by atoms with Gasteiger partial charge in [-0.1, -0.05) is 6.07 Å². The first-order chi connectivity index (χ1) is 7.56. The minimum Gasteiger partial charge on any atom is -0.493 e. The van der Waals surface area contributed by atoms with Gasteiger partial charge < -0.3 is 10.5 Å². The van der Waals surface area contributed by atoms with Crippen molar-refractivity contribution in [2.24, 2.45) is 0 Å². The maximum Gasteiger partial charge on any atom is 0.271 e. The molecule has 0 saturated carbocycles. The van der Waals surface area contributed by atoms with Crippen LogP contribution < -0.4 is 15.9 Å². The highest BCUT2D eigenvalue weighted by atomic mass is 16.5. The van der Waals surface area contributed by atoms with Gasteiger partial charge in [0.1, 0.15) is 11.3 Å². The van der Waals surface area contributed by atoms with Gasteiger partial charge in [0.25, 0.3) is 5.91 Å². The monoisotopic (exact) mass is 223 g/mol. The number of nitrogen functional groups attached to an aromatic ring is 1. The van der Waals surface area contributed by atoms with Crippen LogP contribution in [0.15, 0.2) is 18.2 Å². The van der Waals surface area contributed by atoms with Gasteiger partial charge in [0.2, 0.25) is 0 Å². The van der Waals surface area contributed by atoms with E-state index in [0.717, 1.165) is 0 Å². The highest BCUT2D eigenvalue weighted by Gasteiger charge is 2.16. The molecular formula is C11H17N3O2. The quantitative estimate of drug-likeness (QED) is 0.587. The number of ether oxygens (including phenoxy) is 1. The van der Waals surface area contributed by atoms with Crippen molar-refractivity contribution in [2.45, 2.75) is 6.92 Å². The first-order valence-corrected chi connectivity index (χ1v) is 5.05. The number of hydrogen-bond donors (Lipinski definition) is 2. The Bertz CT molecular complexity index is 377. The standard InChI is InChI=1S/C11H17N3O2/c1-4-16-9-7-5-6-8(12)10(9)11(15)13-14(2)3/h5-7H,4,12H2,1-3H3,(H,13,15). The van der Waals surface area contributed by atoms with Crippen LogP contribution in [0.4, 0.5) is 5.69 Å². The lowest BCUT2D eigenvalue weighted by molar-refractivity contribution is 0.0854. The Hall–Kier alpha value is -1.75. The number of rotatable bonds is 4. The number of hydrogen-bond acceptors (Lipinski definition) is 4. The zero-order valence-electron chi connectivity index (χ0n) is 9.78. The molecule has 3 N–H and O–H groups in total. The summed E-state index contributed by atoms with van der Waals surface area (Å²) in [5.74, 6) is 0.230. The van der Waals surface area contributed by atoms with Crippen molar-refractivity contribution < 1.29 is 9.53 Å². The summed E-state index contributed by atoms with van der Waals surface area (Å²) in [6, 6.07) is 5.16. The average Bonchev–Trinajstić information content (AvgIpc) is 2.16. The molecule has 0 saturated heterocycles. The molecule has 5 heteroatoms. The predicted octanol–water partition coefficient (Wildman–Crippen LogP) is 0.874. The molecule has 0 aliphatic carbocycles. The van der Waals surface area contributed by atoms with E-state index in [1.165, 1.54) is 0 Å². The van der Waals surface area contributed by atoms with Crippen molar-refractivity contribution in [3.05, 3.63) is 23.8 Å². The molecule has 5 nitrogen and oxygen atoms in total. The SMILES string of the molecule is CCOc1cccc(N)c1C(=O)NN(C)C. The van der Waals surface area contributed by atoms with Gasteiger partial charge in [-0.05, 0) is 19.1 Å². The third-order valence-electron chi connectivity index (χ3n) is 1.91. The number of hydrazine groups is 1. The molecule has 0 atom stereocenters. The Kier molecular flexibility index (Phi) is 4.13. The molecule has 0 aliphatic rings. The third kappa shape index (κ3) is 2.87. The van der Waals surface area contributed by atoms with E-state index in [1.807, 2.05) is 6.92 Å².